The van der Waals surface area contributed by atoms with E-state index in [-0.39, 0.29) is 27.7 Å². The molecule has 2 saturated carbocycles. The molecule has 24 heavy (non-hydrogen) atoms. The molecule has 3 atom stereocenters. The number of hydrogen-bond donors (Lipinski definition) is 2. The van der Waals surface area contributed by atoms with Crippen LogP contribution < -0.4 is 10.0 Å². The van der Waals surface area contributed by atoms with Gasteiger partial charge in [-0.3, -0.25) is 4.79 Å². The van der Waals surface area contributed by atoms with Crippen LogP contribution in [0.3, 0.4) is 0 Å². The molecule has 1 aromatic rings. The predicted octanol–water partition coefficient (Wildman–Crippen LogP) is 2.54. The maximum absolute atomic E-state index is 12.8. The third-order valence-electron chi connectivity index (χ3n) is 6.75. The maximum Gasteiger partial charge on any atom is 0.251 e. The van der Waals surface area contributed by atoms with Crippen molar-refractivity contribution in [3.05, 3.63) is 29.8 Å². The summed E-state index contributed by atoms with van der Waals surface area (Å²) in [5.74, 6) is 0.347. The number of carbonyl (C=O) groups excluding carboxylic acids is 1. The number of carbonyl (C=O) groups is 1. The fraction of sp³-hybridized carbons (Fsp3) is 0.611. The number of amides is 1. The highest BCUT2D eigenvalue weighted by molar-refractivity contribution is 7.89. The summed E-state index contributed by atoms with van der Waals surface area (Å²) in [5, 5.41) is 2.53. The minimum atomic E-state index is -3.59. The van der Waals surface area contributed by atoms with Crippen molar-refractivity contribution in [1.82, 2.24) is 10.0 Å². The molecule has 2 aliphatic carbocycles. The first kappa shape index (κ1) is 17.4. The first-order chi connectivity index (χ1) is 11.1. The highest BCUT2D eigenvalue weighted by Crippen LogP contribution is 2.65. The normalized spacial score (nSPS) is 31.2. The molecule has 1 amide bonds. The van der Waals surface area contributed by atoms with Gasteiger partial charge in [0.15, 0.2) is 0 Å². The number of hydrogen-bond acceptors (Lipinski definition) is 3. The van der Waals surface area contributed by atoms with E-state index in [1.165, 1.54) is 18.6 Å². The van der Waals surface area contributed by atoms with Gasteiger partial charge in [-0.05, 0) is 60.3 Å². The van der Waals surface area contributed by atoms with E-state index < -0.39 is 10.0 Å². The minimum Gasteiger partial charge on any atom is -0.355 e. The largest absolute Gasteiger partial charge is 0.355 e. The van der Waals surface area contributed by atoms with Crippen LogP contribution in [0.15, 0.2) is 29.2 Å². The molecule has 0 unspecified atom stereocenters. The van der Waals surface area contributed by atoms with Crippen molar-refractivity contribution in [1.29, 1.82) is 0 Å². The van der Waals surface area contributed by atoms with Gasteiger partial charge in [0.05, 0.1) is 4.90 Å². The fourth-order valence-corrected chi connectivity index (χ4v) is 5.93. The SMILES string of the molecule is CNC(=O)c1ccc(S(=O)(=O)N[C@H]2C[C@H]3CC[C@@]2(C)C3(C)C)cc1. The maximum atomic E-state index is 12.8. The van der Waals surface area contributed by atoms with Crippen LogP contribution in [0.5, 0.6) is 0 Å². The van der Waals surface area contributed by atoms with Crippen molar-refractivity contribution < 1.29 is 13.2 Å². The van der Waals surface area contributed by atoms with Gasteiger partial charge in [-0.1, -0.05) is 20.8 Å². The molecule has 3 rings (SSSR count). The molecule has 0 spiro atoms. The monoisotopic (exact) mass is 350 g/mol. The Morgan fingerprint density at radius 3 is 2.25 bits per heavy atom. The van der Waals surface area contributed by atoms with Gasteiger partial charge in [0.1, 0.15) is 0 Å². The zero-order valence-electron chi connectivity index (χ0n) is 14.7. The summed E-state index contributed by atoms with van der Waals surface area (Å²) in [6.07, 6.45) is 3.15. The Labute approximate surface area is 144 Å². The first-order valence-corrected chi connectivity index (χ1v) is 9.94. The third kappa shape index (κ3) is 2.47. The predicted molar refractivity (Wildman–Crippen MR) is 93.2 cm³/mol. The van der Waals surface area contributed by atoms with Crippen LogP contribution in [0.2, 0.25) is 0 Å². The molecule has 5 nitrogen and oxygen atoms in total. The molecule has 2 fully saturated rings. The van der Waals surface area contributed by atoms with Gasteiger partial charge in [-0.25, -0.2) is 13.1 Å². The number of nitrogens with one attached hydrogen (secondary N) is 2. The van der Waals surface area contributed by atoms with Gasteiger partial charge in [-0.2, -0.15) is 0 Å². The summed E-state index contributed by atoms with van der Waals surface area (Å²) in [5.41, 5.74) is 0.597. The van der Waals surface area contributed by atoms with Crippen LogP contribution in [0.4, 0.5) is 0 Å². The number of sulfonamides is 1. The molecule has 0 aromatic heterocycles. The number of fused-ring (bicyclic) bond motifs is 2. The Bertz CT molecular complexity index is 755. The summed E-state index contributed by atoms with van der Waals surface area (Å²) in [4.78, 5) is 11.8. The van der Waals surface area contributed by atoms with Crippen molar-refractivity contribution in [3.63, 3.8) is 0 Å². The molecule has 2 N–H and O–H groups in total. The van der Waals surface area contributed by atoms with Crippen molar-refractivity contribution in [2.24, 2.45) is 16.7 Å². The number of rotatable bonds is 4. The van der Waals surface area contributed by atoms with E-state index in [4.69, 9.17) is 0 Å². The lowest BCUT2D eigenvalue weighted by molar-refractivity contribution is 0.0963. The van der Waals surface area contributed by atoms with Crippen LogP contribution in [-0.2, 0) is 10.0 Å². The van der Waals surface area contributed by atoms with Crippen molar-refractivity contribution >= 4 is 15.9 Å². The highest BCUT2D eigenvalue weighted by atomic mass is 32.2. The van der Waals surface area contributed by atoms with Gasteiger partial charge in [0.2, 0.25) is 10.0 Å². The summed E-state index contributed by atoms with van der Waals surface area (Å²) in [7, 11) is -2.04. The van der Waals surface area contributed by atoms with E-state index in [1.807, 2.05) is 0 Å². The minimum absolute atomic E-state index is 0.00717. The molecule has 2 bridgehead atoms. The van der Waals surface area contributed by atoms with Crippen LogP contribution in [0.1, 0.15) is 50.4 Å². The molecule has 1 aromatic carbocycles. The molecular weight excluding hydrogens is 324 g/mol. The standard InChI is InChI=1S/C18H26N2O3S/c1-17(2)13-9-10-18(17,3)15(11-13)20-24(22,23)14-7-5-12(6-8-14)16(21)19-4/h5-8,13,15,20H,9-11H2,1-4H3,(H,19,21)/t13-,15+,18-/m1/s1. The highest BCUT2D eigenvalue weighted by Gasteiger charge is 2.61. The van der Waals surface area contributed by atoms with Crippen LogP contribution in [0.25, 0.3) is 0 Å². The molecule has 6 heteroatoms. The van der Waals surface area contributed by atoms with Crippen molar-refractivity contribution in [2.75, 3.05) is 7.05 Å². The molecule has 0 aliphatic heterocycles. The Kier molecular flexibility index (Phi) is 4.04. The smallest absolute Gasteiger partial charge is 0.251 e. The fourth-order valence-electron chi connectivity index (χ4n) is 4.57. The van der Waals surface area contributed by atoms with Gasteiger partial charge in [-0.15, -0.1) is 0 Å². The van der Waals surface area contributed by atoms with Crippen molar-refractivity contribution in [3.8, 4) is 0 Å². The topological polar surface area (TPSA) is 75.3 Å². The van der Waals surface area contributed by atoms with Crippen LogP contribution in [-0.4, -0.2) is 27.4 Å². The average molecular weight is 350 g/mol. The van der Waals surface area contributed by atoms with E-state index in [2.05, 4.69) is 30.8 Å². The van der Waals surface area contributed by atoms with Crippen LogP contribution >= 0.6 is 0 Å². The van der Waals surface area contributed by atoms with E-state index in [1.54, 1.807) is 19.2 Å². The quantitative estimate of drug-likeness (QED) is 0.876. The summed E-state index contributed by atoms with van der Waals surface area (Å²) >= 11 is 0. The lowest BCUT2D eigenvalue weighted by atomic mass is 9.69. The lowest BCUT2D eigenvalue weighted by Gasteiger charge is -2.39. The van der Waals surface area contributed by atoms with Crippen LogP contribution in [0, 0.1) is 16.7 Å². The van der Waals surface area contributed by atoms with E-state index >= 15 is 0 Å². The van der Waals surface area contributed by atoms with Gasteiger partial charge >= 0.3 is 0 Å². The van der Waals surface area contributed by atoms with Gasteiger partial charge in [0.25, 0.3) is 5.91 Å². The molecule has 0 heterocycles. The van der Waals surface area contributed by atoms with Gasteiger partial charge < -0.3 is 5.32 Å². The summed E-state index contributed by atoms with van der Waals surface area (Å²) in [6.45, 7) is 6.73. The molecule has 0 saturated heterocycles. The Hall–Kier alpha value is -1.40. The first-order valence-electron chi connectivity index (χ1n) is 8.46. The average Bonchev–Trinajstić information content (AvgIpc) is 2.87. The summed E-state index contributed by atoms with van der Waals surface area (Å²) < 4.78 is 28.4. The zero-order chi connectivity index (χ0) is 17.8. The van der Waals surface area contributed by atoms with Crippen molar-refractivity contribution in [2.45, 2.75) is 51.0 Å². The Morgan fingerprint density at radius 2 is 1.79 bits per heavy atom. The Balaban J connectivity index is 1.81. The Morgan fingerprint density at radius 1 is 1.17 bits per heavy atom. The summed E-state index contributed by atoms with van der Waals surface area (Å²) in [6, 6.07) is 6.04. The second-order valence-electron chi connectivity index (χ2n) is 7.89. The molecule has 2 aliphatic rings. The number of benzene rings is 1. The molecule has 132 valence electrons. The lowest BCUT2D eigenvalue weighted by Crippen LogP contribution is -2.46. The molecule has 0 radical (unpaired) electrons. The third-order valence-corrected chi connectivity index (χ3v) is 8.23. The second kappa shape index (κ2) is 5.56. The second-order valence-corrected chi connectivity index (χ2v) is 9.60. The van der Waals surface area contributed by atoms with Gasteiger partial charge in [0, 0.05) is 18.7 Å². The molecular formula is C18H26N2O3S. The van der Waals surface area contributed by atoms with E-state index in [0.29, 0.717) is 11.5 Å². The van der Waals surface area contributed by atoms with E-state index in [0.717, 1.165) is 12.8 Å². The van der Waals surface area contributed by atoms with E-state index in [9.17, 15) is 13.2 Å². The zero-order valence-corrected chi connectivity index (χ0v) is 15.5.